The molecule has 8 nitrogen and oxygen atoms in total. The van der Waals surface area contributed by atoms with Crippen LogP contribution in [-0.4, -0.2) is 47.8 Å². The van der Waals surface area contributed by atoms with Crippen LogP contribution in [0.4, 0.5) is 0 Å². The van der Waals surface area contributed by atoms with Crippen molar-refractivity contribution in [3.63, 3.8) is 0 Å². The number of carbonyl (C=O) groups is 4. The molecule has 33 heavy (non-hydrogen) atoms. The molecule has 0 aromatic carbocycles. The van der Waals surface area contributed by atoms with Crippen LogP contribution in [0, 0.1) is 11.8 Å². The van der Waals surface area contributed by atoms with Crippen molar-refractivity contribution in [2.45, 2.75) is 91.9 Å². The van der Waals surface area contributed by atoms with Crippen LogP contribution in [0.15, 0.2) is 23.3 Å². The summed E-state index contributed by atoms with van der Waals surface area (Å²) in [4.78, 5) is 41.5. The van der Waals surface area contributed by atoms with Gasteiger partial charge in [0.25, 0.3) is 0 Å². The Labute approximate surface area is 214 Å². The Balaban J connectivity index is -0.000000529. The first kappa shape index (κ1) is 35.7. The van der Waals surface area contributed by atoms with Crippen LogP contribution in [0.25, 0.3) is 0 Å². The number of rotatable bonds is 16. The Kier molecular flexibility index (Phi) is 23.8. The van der Waals surface area contributed by atoms with Crippen LogP contribution in [0.1, 0.15) is 91.9 Å². The van der Waals surface area contributed by atoms with E-state index in [2.05, 4.69) is 27.7 Å². The fourth-order valence-electron chi connectivity index (χ4n) is 2.84. The summed E-state index contributed by atoms with van der Waals surface area (Å²) in [7, 11) is 0. The van der Waals surface area contributed by atoms with E-state index < -0.39 is 23.9 Å². The Bertz CT molecular complexity index is 595. The van der Waals surface area contributed by atoms with Crippen molar-refractivity contribution in [3.8, 4) is 0 Å². The zero-order chi connectivity index (χ0) is 25.1. The van der Waals surface area contributed by atoms with E-state index in [1.807, 2.05) is 0 Å². The molecule has 0 aliphatic rings. The van der Waals surface area contributed by atoms with E-state index in [1.54, 1.807) is 0 Å². The van der Waals surface area contributed by atoms with Gasteiger partial charge in [-0.3, -0.25) is 0 Å². The van der Waals surface area contributed by atoms with Crippen molar-refractivity contribution in [2.24, 2.45) is 11.8 Å². The fraction of sp³-hybridized carbons (Fsp3) is 0.667. The average molecular weight is 571 g/mol. The topological polar surface area (TPSA) is 161 Å². The molecule has 9 heteroatoms. The van der Waals surface area contributed by atoms with Crippen molar-refractivity contribution >= 4 is 47.8 Å². The van der Waals surface area contributed by atoms with Gasteiger partial charge in [0.1, 0.15) is 0 Å². The van der Waals surface area contributed by atoms with Crippen LogP contribution < -0.4 is 20.4 Å². The molecule has 0 saturated heterocycles. The van der Waals surface area contributed by atoms with Gasteiger partial charge in [0, 0.05) is 0 Å². The molecule has 0 atom stereocenters. The SMILES string of the molecule is CC(C)CCCCC/C(=C/C(=O)[O-])C(=O)[O-].CC(C)CCCCC/C(=C/C(=O)[O-])C(=O)[O-].[Sn+4]. The van der Waals surface area contributed by atoms with Gasteiger partial charge in [0.2, 0.25) is 0 Å². The van der Waals surface area contributed by atoms with Crippen molar-refractivity contribution in [1.82, 2.24) is 0 Å². The molecule has 0 fully saturated rings. The van der Waals surface area contributed by atoms with E-state index >= 15 is 0 Å². The van der Waals surface area contributed by atoms with Gasteiger partial charge < -0.3 is 39.6 Å². The third kappa shape index (κ3) is 26.3. The predicted molar refractivity (Wildman–Crippen MR) is 118 cm³/mol. The molecule has 0 aromatic heterocycles. The smallest absolute Gasteiger partial charge is 0.545 e. The number of carboxylic acids is 4. The zero-order valence-corrected chi connectivity index (χ0v) is 23.0. The standard InChI is InChI=1S/2C12H20O4.Sn/c2*1-9(2)6-4-3-5-7-10(12(15)16)8-11(13)14;/h2*8-9H,3-7H2,1-2H3,(H,13,14)(H,15,16);/q;;+4/p-4/b2*10-8-;. The molecule has 0 spiro atoms. The third-order valence-electron chi connectivity index (χ3n) is 4.56. The summed E-state index contributed by atoms with van der Waals surface area (Å²) >= 11 is 0. The van der Waals surface area contributed by atoms with Crippen molar-refractivity contribution in [1.29, 1.82) is 0 Å². The largest absolute Gasteiger partial charge is 4.00 e. The molecule has 0 rings (SSSR count). The van der Waals surface area contributed by atoms with E-state index in [9.17, 15) is 39.6 Å². The van der Waals surface area contributed by atoms with Crippen LogP contribution >= 0.6 is 0 Å². The molecule has 0 heterocycles. The van der Waals surface area contributed by atoms with Crippen LogP contribution in [-0.2, 0) is 19.2 Å². The molecular formula is C24H36O8Sn. The van der Waals surface area contributed by atoms with Gasteiger partial charge in [0.15, 0.2) is 0 Å². The molecule has 0 radical (unpaired) electrons. The first-order valence-electron chi connectivity index (χ1n) is 11.1. The van der Waals surface area contributed by atoms with Crippen LogP contribution in [0.5, 0.6) is 0 Å². The van der Waals surface area contributed by atoms with Gasteiger partial charge in [-0.05, 0) is 60.8 Å². The quantitative estimate of drug-likeness (QED) is 0.138. The minimum absolute atomic E-state index is 0. The minimum atomic E-state index is -1.48. The number of carbonyl (C=O) groups excluding carboxylic acids is 4. The van der Waals surface area contributed by atoms with Crippen molar-refractivity contribution in [3.05, 3.63) is 23.3 Å². The molecule has 0 saturated carbocycles. The van der Waals surface area contributed by atoms with Gasteiger partial charge in [-0.25, -0.2) is 0 Å². The number of carboxylic acid groups (broad SMARTS) is 4. The summed E-state index contributed by atoms with van der Waals surface area (Å²) in [6.45, 7) is 8.51. The maximum atomic E-state index is 10.5. The summed E-state index contributed by atoms with van der Waals surface area (Å²) in [5.41, 5.74) is -0.380. The van der Waals surface area contributed by atoms with Gasteiger partial charge in [-0.15, -0.1) is 0 Å². The maximum Gasteiger partial charge on any atom is 4.00 e. The summed E-state index contributed by atoms with van der Waals surface area (Å²) < 4.78 is 0. The molecule has 184 valence electrons. The molecule has 0 aliphatic carbocycles. The molecular weight excluding hydrogens is 535 g/mol. The third-order valence-corrected chi connectivity index (χ3v) is 4.56. The van der Waals surface area contributed by atoms with E-state index in [0.717, 1.165) is 38.5 Å². The van der Waals surface area contributed by atoms with Crippen molar-refractivity contribution < 1.29 is 39.6 Å². The molecule has 0 amide bonds. The van der Waals surface area contributed by atoms with Crippen LogP contribution in [0.2, 0.25) is 0 Å². The first-order valence-corrected chi connectivity index (χ1v) is 11.1. The normalized spacial score (nSPS) is 11.5. The summed E-state index contributed by atoms with van der Waals surface area (Å²) in [5, 5.41) is 41.5. The first-order chi connectivity index (χ1) is 14.9. The number of unbranched alkanes of at least 4 members (excludes halogenated alkanes) is 4. The number of hydrogen-bond acceptors (Lipinski definition) is 8. The zero-order valence-electron chi connectivity index (χ0n) is 20.1. The number of aliphatic carboxylic acids is 4. The summed E-state index contributed by atoms with van der Waals surface area (Å²) in [5.74, 6) is -4.54. The Morgan fingerprint density at radius 3 is 1.09 bits per heavy atom. The minimum Gasteiger partial charge on any atom is -0.545 e. The second kappa shape index (κ2) is 22.0. The second-order valence-electron chi connectivity index (χ2n) is 8.54. The molecule has 0 bridgehead atoms. The molecule has 0 aromatic rings. The van der Waals surface area contributed by atoms with E-state index in [4.69, 9.17) is 0 Å². The fourth-order valence-corrected chi connectivity index (χ4v) is 2.84. The summed E-state index contributed by atoms with van der Waals surface area (Å²) in [6.07, 6.45) is 9.08. The predicted octanol–water partition coefficient (Wildman–Crippen LogP) is -0.343. The maximum absolute atomic E-state index is 10.5. The Morgan fingerprint density at radius 2 is 0.879 bits per heavy atom. The van der Waals surface area contributed by atoms with Gasteiger partial charge in [0.05, 0.1) is 23.9 Å². The van der Waals surface area contributed by atoms with Crippen LogP contribution in [0.3, 0.4) is 0 Å². The molecule has 0 aliphatic heterocycles. The number of hydrogen-bond donors (Lipinski definition) is 0. The molecule has 0 N–H and O–H groups in total. The summed E-state index contributed by atoms with van der Waals surface area (Å²) in [6, 6.07) is 0. The van der Waals surface area contributed by atoms with Gasteiger partial charge in [-0.2, -0.15) is 0 Å². The molecule has 0 unspecified atom stereocenters. The monoisotopic (exact) mass is 572 g/mol. The van der Waals surface area contributed by atoms with E-state index in [0.29, 0.717) is 36.8 Å². The van der Waals surface area contributed by atoms with Crippen molar-refractivity contribution in [2.75, 3.05) is 0 Å². The Morgan fingerprint density at radius 1 is 0.576 bits per heavy atom. The van der Waals surface area contributed by atoms with Gasteiger partial charge in [-0.1, -0.05) is 66.2 Å². The van der Waals surface area contributed by atoms with E-state index in [1.165, 1.54) is 0 Å². The second-order valence-corrected chi connectivity index (χ2v) is 8.54. The van der Waals surface area contributed by atoms with E-state index in [-0.39, 0.29) is 47.9 Å². The Hall–Kier alpha value is -1.84. The van der Waals surface area contributed by atoms with Gasteiger partial charge >= 0.3 is 23.9 Å². The average Bonchev–Trinajstić information content (AvgIpc) is 2.64.